The van der Waals surface area contributed by atoms with Gasteiger partial charge in [-0.05, 0) is 49.6 Å². The van der Waals surface area contributed by atoms with Crippen molar-refractivity contribution in [3.63, 3.8) is 0 Å². The number of rotatable bonds is 7. The highest BCUT2D eigenvalue weighted by molar-refractivity contribution is 7.98. The number of benzene rings is 1. The summed E-state index contributed by atoms with van der Waals surface area (Å²) in [5.41, 5.74) is 0.519. The van der Waals surface area contributed by atoms with E-state index in [1.165, 1.54) is 40.9 Å². The van der Waals surface area contributed by atoms with Crippen molar-refractivity contribution in [3.8, 4) is 0 Å². The Morgan fingerprint density at radius 3 is 2.48 bits per heavy atom. The summed E-state index contributed by atoms with van der Waals surface area (Å²) in [6.45, 7) is 2.12. The number of hydrogen-bond donors (Lipinski definition) is 2. The number of carbonyl (C=O) groups is 2. The Kier molecular flexibility index (Phi) is 7.01. The zero-order valence-electron chi connectivity index (χ0n) is 12.0. The molecule has 1 aromatic carbocycles. The highest BCUT2D eigenvalue weighted by Gasteiger charge is 2.22. The van der Waals surface area contributed by atoms with Crippen molar-refractivity contribution in [3.05, 3.63) is 30.1 Å². The Hall–Kier alpha value is -1.76. The summed E-state index contributed by atoms with van der Waals surface area (Å²) in [6.07, 6.45) is 2.22. The molecule has 21 heavy (non-hydrogen) atoms. The van der Waals surface area contributed by atoms with Gasteiger partial charge < -0.3 is 10.4 Å². The van der Waals surface area contributed by atoms with Gasteiger partial charge in [-0.1, -0.05) is 0 Å². The Bertz CT molecular complexity index is 482. The van der Waals surface area contributed by atoms with Gasteiger partial charge in [-0.15, -0.1) is 0 Å². The van der Waals surface area contributed by atoms with Crippen molar-refractivity contribution in [2.24, 2.45) is 0 Å². The van der Waals surface area contributed by atoms with Crippen LogP contribution in [0.1, 0.15) is 13.3 Å². The molecule has 0 fully saturated rings. The number of nitrogens with one attached hydrogen (secondary N) is 1. The van der Waals surface area contributed by atoms with Gasteiger partial charge in [-0.3, -0.25) is 4.90 Å². The van der Waals surface area contributed by atoms with Crippen LogP contribution >= 0.6 is 11.8 Å². The molecule has 0 aliphatic rings. The van der Waals surface area contributed by atoms with Crippen molar-refractivity contribution < 1.29 is 19.1 Å². The predicted molar refractivity (Wildman–Crippen MR) is 82.4 cm³/mol. The lowest BCUT2D eigenvalue weighted by atomic mass is 10.2. The summed E-state index contributed by atoms with van der Waals surface area (Å²) in [5.74, 6) is -0.814. The van der Waals surface area contributed by atoms with Gasteiger partial charge in [0.05, 0.1) is 0 Å². The standard InChI is InChI=1S/C14H19FN2O3S/c1-3-17(11-6-4-10(15)5-7-11)14(20)16-12(13(18)19)8-9-21-2/h4-7,12H,3,8-9H2,1-2H3,(H,16,20)(H,18,19)/t12-/m0/s1. The summed E-state index contributed by atoms with van der Waals surface area (Å²) >= 11 is 1.52. The quantitative estimate of drug-likeness (QED) is 0.811. The summed E-state index contributed by atoms with van der Waals surface area (Å²) in [5, 5.41) is 11.6. The molecule has 1 atom stereocenters. The molecule has 116 valence electrons. The van der Waals surface area contributed by atoms with Crippen LogP contribution in [0, 0.1) is 5.82 Å². The highest BCUT2D eigenvalue weighted by atomic mass is 32.2. The van der Waals surface area contributed by atoms with Gasteiger partial charge in [0.15, 0.2) is 0 Å². The van der Waals surface area contributed by atoms with E-state index in [-0.39, 0.29) is 0 Å². The van der Waals surface area contributed by atoms with Gasteiger partial charge in [-0.2, -0.15) is 11.8 Å². The number of carbonyl (C=O) groups excluding carboxylic acids is 1. The second kappa shape index (κ2) is 8.51. The summed E-state index contributed by atoms with van der Waals surface area (Å²) in [4.78, 5) is 24.7. The first-order valence-electron chi connectivity index (χ1n) is 6.55. The number of anilines is 1. The number of thioether (sulfide) groups is 1. The largest absolute Gasteiger partial charge is 0.480 e. The molecule has 5 nitrogen and oxygen atoms in total. The molecule has 0 radical (unpaired) electrons. The fraction of sp³-hybridized carbons (Fsp3) is 0.429. The second-order valence-corrected chi connectivity index (χ2v) is 5.33. The van der Waals surface area contributed by atoms with Crippen LogP contribution < -0.4 is 10.2 Å². The lowest BCUT2D eigenvalue weighted by Crippen LogP contribution is -2.48. The van der Waals surface area contributed by atoms with E-state index in [1.54, 1.807) is 6.92 Å². The summed E-state index contributed by atoms with van der Waals surface area (Å²) in [6, 6.07) is 4.05. The first kappa shape index (κ1) is 17.3. The Morgan fingerprint density at radius 1 is 1.38 bits per heavy atom. The molecule has 0 spiro atoms. The van der Waals surface area contributed by atoms with E-state index < -0.39 is 23.9 Å². The fourth-order valence-corrected chi connectivity index (χ4v) is 2.26. The van der Waals surface area contributed by atoms with Crippen LogP contribution in [-0.4, -0.2) is 41.7 Å². The zero-order chi connectivity index (χ0) is 15.8. The zero-order valence-corrected chi connectivity index (χ0v) is 12.8. The number of halogens is 1. The molecule has 0 heterocycles. The van der Waals surface area contributed by atoms with Gasteiger partial charge in [0.2, 0.25) is 0 Å². The molecule has 0 saturated carbocycles. The molecular weight excluding hydrogens is 295 g/mol. The van der Waals surface area contributed by atoms with E-state index in [2.05, 4.69) is 5.32 Å². The number of aliphatic carboxylic acids is 1. The monoisotopic (exact) mass is 314 g/mol. The average molecular weight is 314 g/mol. The molecule has 0 bridgehead atoms. The minimum absolute atomic E-state index is 0.350. The maximum Gasteiger partial charge on any atom is 0.326 e. The third kappa shape index (κ3) is 5.26. The van der Waals surface area contributed by atoms with Crippen LogP contribution in [0.2, 0.25) is 0 Å². The van der Waals surface area contributed by atoms with E-state index in [9.17, 15) is 14.0 Å². The summed E-state index contributed by atoms with van der Waals surface area (Å²) < 4.78 is 12.9. The van der Waals surface area contributed by atoms with E-state index in [0.717, 1.165) is 0 Å². The lowest BCUT2D eigenvalue weighted by molar-refractivity contribution is -0.139. The van der Waals surface area contributed by atoms with Crippen LogP contribution in [0.25, 0.3) is 0 Å². The topological polar surface area (TPSA) is 69.6 Å². The number of amides is 2. The lowest BCUT2D eigenvalue weighted by Gasteiger charge is -2.24. The third-order valence-corrected chi connectivity index (χ3v) is 3.55. The Balaban J connectivity index is 2.77. The van der Waals surface area contributed by atoms with Crippen LogP contribution in [0.3, 0.4) is 0 Å². The molecule has 1 aromatic rings. The summed E-state index contributed by atoms with van der Waals surface area (Å²) in [7, 11) is 0. The van der Waals surface area contributed by atoms with Gasteiger partial charge in [-0.25, -0.2) is 14.0 Å². The first-order chi connectivity index (χ1) is 9.99. The number of hydrogen-bond acceptors (Lipinski definition) is 3. The Labute approximate surface area is 127 Å². The van der Waals surface area contributed by atoms with Gasteiger partial charge in [0.25, 0.3) is 0 Å². The van der Waals surface area contributed by atoms with Crippen molar-refractivity contribution in [1.82, 2.24) is 5.32 Å². The molecule has 0 aromatic heterocycles. The van der Waals surface area contributed by atoms with Gasteiger partial charge in [0, 0.05) is 12.2 Å². The molecule has 0 unspecified atom stereocenters. The maximum absolute atomic E-state index is 12.9. The molecule has 0 saturated heterocycles. The normalized spacial score (nSPS) is 11.8. The molecule has 2 N–H and O–H groups in total. The maximum atomic E-state index is 12.9. The predicted octanol–water partition coefficient (Wildman–Crippen LogP) is 2.57. The highest BCUT2D eigenvalue weighted by Crippen LogP contribution is 2.15. The van der Waals surface area contributed by atoms with Crippen molar-refractivity contribution >= 4 is 29.4 Å². The van der Waals surface area contributed by atoms with E-state index in [4.69, 9.17) is 5.11 Å². The SMILES string of the molecule is CCN(C(=O)N[C@@H](CCSC)C(=O)O)c1ccc(F)cc1. The first-order valence-corrected chi connectivity index (χ1v) is 7.94. The van der Waals surface area contributed by atoms with E-state index in [0.29, 0.717) is 24.4 Å². The van der Waals surface area contributed by atoms with Crippen LogP contribution in [0.5, 0.6) is 0 Å². The minimum atomic E-state index is -1.06. The smallest absolute Gasteiger partial charge is 0.326 e. The third-order valence-electron chi connectivity index (χ3n) is 2.91. The van der Waals surface area contributed by atoms with Crippen molar-refractivity contribution in [1.29, 1.82) is 0 Å². The van der Waals surface area contributed by atoms with Gasteiger partial charge in [0.1, 0.15) is 11.9 Å². The van der Waals surface area contributed by atoms with Crippen LogP contribution in [0.4, 0.5) is 14.9 Å². The van der Waals surface area contributed by atoms with Crippen LogP contribution in [0.15, 0.2) is 24.3 Å². The number of nitrogens with zero attached hydrogens (tertiary/aromatic N) is 1. The molecule has 0 aliphatic heterocycles. The average Bonchev–Trinajstić information content (AvgIpc) is 2.46. The molecule has 7 heteroatoms. The number of carboxylic acid groups (broad SMARTS) is 1. The van der Waals surface area contributed by atoms with Crippen molar-refractivity contribution in [2.75, 3.05) is 23.5 Å². The van der Waals surface area contributed by atoms with Gasteiger partial charge >= 0.3 is 12.0 Å². The molecule has 1 rings (SSSR count). The van der Waals surface area contributed by atoms with Crippen molar-refractivity contribution in [2.45, 2.75) is 19.4 Å². The molecule has 2 amide bonds. The minimum Gasteiger partial charge on any atom is -0.480 e. The number of urea groups is 1. The molecule has 0 aliphatic carbocycles. The number of carboxylic acids is 1. The fourth-order valence-electron chi connectivity index (χ4n) is 1.78. The van der Waals surface area contributed by atoms with Crippen LogP contribution in [-0.2, 0) is 4.79 Å². The second-order valence-electron chi connectivity index (χ2n) is 4.34. The van der Waals surface area contributed by atoms with E-state index >= 15 is 0 Å². The van der Waals surface area contributed by atoms with E-state index in [1.807, 2.05) is 6.26 Å². The Morgan fingerprint density at radius 2 is 2.00 bits per heavy atom. The molecular formula is C14H19FN2O3S.